The van der Waals surface area contributed by atoms with Crippen LogP contribution in [0.2, 0.25) is 0 Å². The van der Waals surface area contributed by atoms with Crippen LogP contribution in [0.1, 0.15) is 38.1 Å². The van der Waals surface area contributed by atoms with Crippen LogP contribution in [0.15, 0.2) is 12.1 Å². The number of aryl methyl sites for hydroxylation is 2. The van der Waals surface area contributed by atoms with Crippen molar-refractivity contribution in [2.45, 2.75) is 39.5 Å². The molecule has 1 heterocycles. The standard InChI is InChI=1S/C11H19N/c1-4-6-10-8-9-11(7-5-2)12(10)3/h8-9H,4-7H2,1-3H3. The number of rotatable bonds is 4. The maximum atomic E-state index is 2.34. The Balaban J connectivity index is 2.74. The van der Waals surface area contributed by atoms with Crippen molar-refractivity contribution in [3.05, 3.63) is 23.5 Å². The van der Waals surface area contributed by atoms with E-state index in [1.807, 2.05) is 0 Å². The van der Waals surface area contributed by atoms with Crippen LogP contribution in [-0.2, 0) is 19.9 Å². The van der Waals surface area contributed by atoms with Crippen molar-refractivity contribution in [3.63, 3.8) is 0 Å². The average Bonchev–Trinajstić information content (AvgIpc) is 2.38. The first-order chi connectivity index (χ1) is 5.79. The van der Waals surface area contributed by atoms with Crippen LogP contribution < -0.4 is 0 Å². The zero-order valence-electron chi connectivity index (χ0n) is 8.43. The summed E-state index contributed by atoms with van der Waals surface area (Å²) in [5.74, 6) is 0. The topological polar surface area (TPSA) is 4.93 Å². The van der Waals surface area contributed by atoms with Crippen LogP contribution >= 0.6 is 0 Å². The van der Waals surface area contributed by atoms with Crippen molar-refractivity contribution in [1.82, 2.24) is 4.57 Å². The number of hydrogen-bond donors (Lipinski definition) is 0. The smallest absolute Gasteiger partial charge is 0.0174 e. The van der Waals surface area contributed by atoms with Gasteiger partial charge in [0.05, 0.1) is 0 Å². The first-order valence-electron chi connectivity index (χ1n) is 4.93. The van der Waals surface area contributed by atoms with Crippen LogP contribution in [0.4, 0.5) is 0 Å². The highest BCUT2D eigenvalue weighted by atomic mass is 14.9. The van der Waals surface area contributed by atoms with Gasteiger partial charge in [-0.1, -0.05) is 26.7 Å². The van der Waals surface area contributed by atoms with Gasteiger partial charge in [0.2, 0.25) is 0 Å². The predicted molar refractivity (Wildman–Crippen MR) is 53.4 cm³/mol. The highest BCUT2D eigenvalue weighted by Gasteiger charge is 2.01. The summed E-state index contributed by atoms with van der Waals surface area (Å²) >= 11 is 0. The fourth-order valence-electron chi connectivity index (χ4n) is 1.61. The number of nitrogens with zero attached hydrogens (tertiary/aromatic N) is 1. The molecule has 0 radical (unpaired) electrons. The van der Waals surface area contributed by atoms with Gasteiger partial charge in [-0.3, -0.25) is 0 Å². The van der Waals surface area contributed by atoms with Crippen LogP contribution in [-0.4, -0.2) is 4.57 Å². The number of hydrogen-bond acceptors (Lipinski definition) is 0. The third-order valence-electron chi connectivity index (χ3n) is 2.34. The Morgan fingerprint density at radius 3 is 1.75 bits per heavy atom. The van der Waals surface area contributed by atoms with Crippen LogP contribution in [0.3, 0.4) is 0 Å². The van der Waals surface area contributed by atoms with Gasteiger partial charge in [0.25, 0.3) is 0 Å². The first-order valence-corrected chi connectivity index (χ1v) is 4.93. The van der Waals surface area contributed by atoms with Crippen molar-refractivity contribution < 1.29 is 0 Å². The second-order valence-corrected chi connectivity index (χ2v) is 3.38. The summed E-state index contributed by atoms with van der Waals surface area (Å²) in [6.07, 6.45) is 4.90. The molecule has 12 heavy (non-hydrogen) atoms. The second-order valence-electron chi connectivity index (χ2n) is 3.38. The Morgan fingerprint density at radius 2 is 1.42 bits per heavy atom. The Morgan fingerprint density at radius 1 is 1.00 bits per heavy atom. The molecule has 0 aliphatic rings. The lowest BCUT2D eigenvalue weighted by atomic mass is 10.2. The van der Waals surface area contributed by atoms with Crippen molar-refractivity contribution >= 4 is 0 Å². The molecule has 0 saturated heterocycles. The minimum atomic E-state index is 1.21. The molecule has 1 nitrogen and oxygen atoms in total. The van der Waals surface area contributed by atoms with E-state index in [1.165, 1.54) is 37.1 Å². The summed E-state index contributed by atoms with van der Waals surface area (Å²) in [6, 6.07) is 4.52. The van der Waals surface area contributed by atoms with E-state index in [0.29, 0.717) is 0 Å². The highest BCUT2D eigenvalue weighted by molar-refractivity contribution is 5.16. The van der Waals surface area contributed by atoms with Gasteiger partial charge in [-0.25, -0.2) is 0 Å². The quantitative estimate of drug-likeness (QED) is 0.646. The van der Waals surface area contributed by atoms with Gasteiger partial charge in [-0.15, -0.1) is 0 Å². The second kappa shape index (κ2) is 4.34. The van der Waals surface area contributed by atoms with Gasteiger partial charge in [0.15, 0.2) is 0 Å². The van der Waals surface area contributed by atoms with E-state index in [1.54, 1.807) is 0 Å². The van der Waals surface area contributed by atoms with E-state index >= 15 is 0 Å². The van der Waals surface area contributed by atoms with E-state index in [4.69, 9.17) is 0 Å². The molecule has 1 heteroatoms. The SMILES string of the molecule is CCCc1ccc(CCC)n1C. The molecule has 68 valence electrons. The lowest BCUT2D eigenvalue weighted by Crippen LogP contribution is -2.00. The zero-order valence-corrected chi connectivity index (χ0v) is 8.43. The van der Waals surface area contributed by atoms with E-state index in [0.717, 1.165) is 0 Å². The Bertz CT molecular complexity index is 212. The molecule has 1 aromatic heterocycles. The maximum Gasteiger partial charge on any atom is 0.0174 e. The molecule has 0 aromatic carbocycles. The van der Waals surface area contributed by atoms with E-state index in [-0.39, 0.29) is 0 Å². The molecule has 1 aromatic rings. The van der Waals surface area contributed by atoms with Gasteiger partial charge in [-0.2, -0.15) is 0 Å². The molecule has 0 fully saturated rings. The Kier molecular flexibility index (Phi) is 3.39. The van der Waals surface area contributed by atoms with Crippen molar-refractivity contribution in [3.8, 4) is 0 Å². The van der Waals surface area contributed by atoms with Gasteiger partial charge < -0.3 is 4.57 Å². The third-order valence-corrected chi connectivity index (χ3v) is 2.34. The first kappa shape index (κ1) is 9.37. The molecular weight excluding hydrogens is 146 g/mol. The molecular formula is C11H19N. The van der Waals surface area contributed by atoms with E-state index < -0.39 is 0 Å². The molecule has 0 unspecified atom stereocenters. The highest BCUT2D eigenvalue weighted by Crippen LogP contribution is 2.10. The van der Waals surface area contributed by atoms with Gasteiger partial charge in [0, 0.05) is 18.4 Å². The van der Waals surface area contributed by atoms with E-state index in [2.05, 4.69) is 37.6 Å². The number of aromatic nitrogens is 1. The summed E-state index contributed by atoms with van der Waals surface area (Å²) in [5, 5.41) is 0. The van der Waals surface area contributed by atoms with Crippen LogP contribution in [0.25, 0.3) is 0 Å². The normalized spacial score (nSPS) is 10.6. The summed E-state index contributed by atoms with van der Waals surface area (Å²) in [5.41, 5.74) is 2.95. The lowest BCUT2D eigenvalue weighted by Gasteiger charge is -2.05. The fraction of sp³-hybridized carbons (Fsp3) is 0.636. The zero-order chi connectivity index (χ0) is 8.97. The molecule has 0 amide bonds. The summed E-state index contributed by atoms with van der Waals surface area (Å²) in [7, 11) is 2.18. The summed E-state index contributed by atoms with van der Waals surface area (Å²) < 4.78 is 2.34. The molecule has 0 atom stereocenters. The molecule has 0 bridgehead atoms. The lowest BCUT2D eigenvalue weighted by molar-refractivity contribution is 0.729. The molecule has 0 N–H and O–H groups in total. The molecule has 0 aliphatic carbocycles. The third kappa shape index (κ3) is 1.90. The van der Waals surface area contributed by atoms with Gasteiger partial charge in [-0.05, 0) is 25.0 Å². The molecule has 0 aliphatic heterocycles. The largest absolute Gasteiger partial charge is 0.352 e. The minimum absolute atomic E-state index is 1.21. The molecule has 1 rings (SSSR count). The van der Waals surface area contributed by atoms with Crippen LogP contribution in [0.5, 0.6) is 0 Å². The Labute approximate surface area is 75.4 Å². The average molecular weight is 165 g/mol. The van der Waals surface area contributed by atoms with Crippen molar-refractivity contribution in [1.29, 1.82) is 0 Å². The predicted octanol–water partition coefficient (Wildman–Crippen LogP) is 2.93. The monoisotopic (exact) mass is 165 g/mol. The molecule has 0 saturated carbocycles. The minimum Gasteiger partial charge on any atom is -0.352 e. The van der Waals surface area contributed by atoms with Gasteiger partial charge >= 0.3 is 0 Å². The maximum absolute atomic E-state index is 2.34. The summed E-state index contributed by atoms with van der Waals surface area (Å²) in [4.78, 5) is 0. The fourth-order valence-corrected chi connectivity index (χ4v) is 1.61. The van der Waals surface area contributed by atoms with Crippen molar-refractivity contribution in [2.75, 3.05) is 0 Å². The Hall–Kier alpha value is -0.720. The van der Waals surface area contributed by atoms with Gasteiger partial charge in [0.1, 0.15) is 0 Å². The van der Waals surface area contributed by atoms with E-state index in [9.17, 15) is 0 Å². The molecule has 0 spiro atoms. The van der Waals surface area contributed by atoms with Crippen molar-refractivity contribution in [2.24, 2.45) is 7.05 Å². The van der Waals surface area contributed by atoms with Crippen LogP contribution in [0, 0.1) is 0 Å². The summed E-state index contributed by atoms with van der Waals surface area (Å²) in [6.45, 7) is 4.46.